The van der Waals surface area contributed by atoms with Crippen LogP contribution in [-0.2, 0) is 23.0 Å². The molecule has 0 amide bonds. The average molecular weight is 296 g/mol. The molecular weight excluding hydrogens is 272 g/mol. The summed E-state index contributed by atoms with van der Waals surface area (Å²) in [5.41, 5.74) is 7.83. The number of rotatable bonds is 4. The molecule has 0 bridgehead atoms. The molecule has 1 aliphatic heterocycles. The highest BCUT2D eigenvalue weighted by Gasteiger charge is 2.36. The maximum Gasteiger partial charge on any atom is 0.243 e. The number of benzene rings is 1. The van der Waals surface area contributed by atoms with Crippen LogP contribution in [0.5, 0.6) is 0 Å². The molecule has 0 aliphatic carbocycles. The summed E-state index contributed by atoms with van der Waals surface area (Å²) >= 11 is 0. The summed E-state index contributed by atoms with van der Waals surface area (Å²) in [6.45, 7) is 7.82. The van der Waals surface area contributed by atoms with Gasteiger partial charge in [0.05, 0.1) is 4.90 Å². The quantitative estimate of drug-likeness (QED) is 0.925. The number of aryl methyl sites for hydroxylation is 1. The molecule has 20 heavy (non-hydrogen) atoms. The Hall–Kier alpha value is -0.910. The van der Waals surface area contributed by atoms with Crippen LogP contribution in [0.4, 0.5) is 0 Å². The Balaban J connectivity index is 2.35. The highest BCUT2D eigenvalue weighted by Crippen LogP contribution is 2.33. The van der Waals surface area contributed by atoms with Crippen LogP contribution in [-0.4, -0.2) is 25.8 Å². The minimum absolute atomic E-state index is 0.0626. The van der Waals surface area contributed by atoms with E-state index in [2.05, 4.69) is 13.8 Å². The molecule has 1 aromatic rings. The second kappa shape index (κ2) is 5.47. The third-order valence-electron chi connectivity index (χ3n) is 4.06. The largest absolute Gasteiger partial charge is 0.326 e. The van der Waals surface area contributed by atoms with Gasteiger partial charge in [-0.05, 0) is 41.5 Å². The fraction of sp³-hybridized carbons (Fsp3) is 0.600. The van der Waals surface area contributed by atoms with Crippen LogP contribution < -0.4 is 5.73 Å². The van der Waals surface area contributed by atoms with E-state index in [9.17, 15) is 8.42 Å². The lowest BCUT2D eigenvalue weighted by atomic mass is 9.93. The fourth-order valence-electron chi connectivity index (χ4n) is 2.71. The zero-order chi connectivity index (χ0) is 15.0. The standard InChI is InChI=1S/C15H24N2O2S/c1-4-12-5-6-14(9-13(12)10-16)20(18,19)17-8-7-15(2,3)11-17/h5-6,9H,4,7-8,10-11,16H2,1-3H3. The third-order valence-corrected chi connectivity index (χ3v) is 5.90. The Kier molecular flexibility index (Phi) is 4.23. The highest BCUT2D eigenvalue weighted by atomic mass is 32.2. The van der Waals surface area contributed by atoms with E-state index < -0.39 is 10.0 Å². The Morgan fingerprint density at radius 2 is 2.00 bits per heavy atom. The third kappa shape index (κ3) is 2.90. The molecule has 0 saturated carbocycles. The fourth-order valence-corrected chi connectivity index (χ4v) is 4.40. The minimum Gasteiger partial charge on any atom is -0.326 e. The van der Waals surface area contributed by atoms with E-state index in [-0.39, 0.29) is 5.41 Å². The van der Waals surface area contributed by atoms with E-state index in [0.29, 0.717) is 24.5 Å². The summed E-state index contributed by atoms with van der Waals surface area (Å²) in [4.78, 5) is 0.368. The van der Waals surface area contributed by atoms with Gasteiger partial charge in [0.1, 0.15) is 0 Å². The lowest BCUT2D eigenvalue weighted by molar-refractivity contribution is 0.375. The first-order chi connectivity index (χ1) is 9.30. The Bertz CT molecular complexity index is 594. The second-order valence-corrected chi connectivity index (χ2v) is 8.18. The maximum absolute atomic E-state index is 12.7. The van der Waals surface area contributed by atoms with Crippen molar-refractivity contribution in [2.24, 2.45) is 11.1 Å². The van der Waals surface area contributed by atoms with E-state index in [1.54, 1.807) is 16.4 Å². The van der Waals surface area contributed by atoms with Crippen LogP contribution in [0.2, 0.25) is 0 Å². The molecule has 0 atom stereocenters. The SMILES string of the molecule is CCc1ccc(S(=O)(=O)N2CCC(C)(C)C2)cc1CN. The summed E-state index contributed by atoms with van der Waals surface area (Å²) in [5.74, 6) is 0. The first kappa shape index (κ1) is 15.5. The molecule has 1 aliphatic rings. The number of hydrogen-bond acceptors (Lipinski definition) is 3. The molecule has 1 heterocycles. The molecule has 0 unspecified atom stereocenters. The van der Waals surface area contributed by atoms with Gasteiger partial charge in [0, 0.05) is 19.6 Å². The first-order valence-corrected chi connectivity index (χ1v) is 8.56. The Morgan fingerprint density at radius 3 is 2.50 bits per heavy atom. The van der Waals surface area contributed by atoms with Crippen molar-refractivity contribution >= 4 is 10.0 Å². The van der Waals surface area contributed by atoms with Gasteiger partial charge in [-0.15, -0.1) is 0 Å². The predicted octanol–water partition coefficient (Wildman–Crippen LogP) is 2.13. The van der Waals surface area contributed by atoms with Gasteiger partial charge in [-0.1, -0.05) is 26.8 Å². The van der Waals surface area contributed by atoms with Crippen LogP contribution >= 0.6 is 0 Å². The van der Waals surface area contributed by atoms with Crippen LogP contribution in [0, 0.1) is 5.41 Å². The second-order valence-electron chi connectivity index (χ2n) is 6.24. The number of sulfonamides is 1. The number of nitrogens with zero attached hydrogens (tertiary/aromatic N) is 1. The molecule has 0 spiro atoms. The molecule has 2 N–H and O–H groups in total. The van der Waals surface area contributed by atoms with Crippen LogP contribution in [0.15, 0.2) is 23.1 Å². The molecular formula is C15H24N2O2S. The normalized spacial score (nSPS) is 19.4. The summed E-state index contributed by atoms with van der Waals surface area (Å²) in [6.07, 6.45) is 1.77. The molecule has 2 rings (SSSR count). The van der Waals surface area contributed by atoms with Crippen molar-refractivity contribution in [2.45, 2.75) is 45.1 Å². The smallest absolute Gasteiger partial charge is 0.243 e. The van der Waals surface area contributed by atoms with Gasteiger partial charge < -0.3 is 5.73 Å². The first-order valence-electron chi connectivity index (χ1n) is 7.12. The van der Waals surface area contributed by atoms with Gasteiger partial charge in [-0.2, -0.15) is 4.31 Å². The van der Waals surface area contributed by atoms with Crippen molar-refractivity contribution in [2.75, 3.05) is 13.1 Å². The van der Waals surface area contributed by atoms with Gasteiger partial charge >= 0.3 is 0 Å². The topological polar surface area (TPSA) is 63.4 Å². The van der Waals surface area contributed by atoms with Crippen LogP contribution in [0.1, 0.15) is 38.3 Å². The lowest BCUT2D eigenvalue weighted by Gasteiger charge is -2.20. The van der Waals surface area contributed by atoms with Crippen molar-refractivity contribution in [1.29, 1.82) is 0 Å². The minimum atomic E-state index is -3.39. The van der Waals surface area contributed by atoms with Gasteiger partial charge in [0.2, 0.25) is 10.0 Å². The lowest BCUT2D eigenvalue weighted by Crippen LogP contribution is -2.30. The van der Waals surface area contributed by atoms with Crippen molar-refractivity contribution in [3.05, 3.63) is 29.3 Å². The van der Waals surface area contributed by atoms with Crippen molar-refractivity contribution in [1.82, 2.24) is 4.31 Å². The summed E-state index contributed by atoms with van der Waals surface area (Å²) in [7, 11) is -3.39. The molecule has 1 fully saturated rings. The Labute approximate surface area is 122 Å². The zero-order valence-electron chi connectivity index (χ0n) is 12.5. The van der Waals surface area contributed by atoms with E-state index in [1.807, 2.05) is 13.0 Å². The van der Waals surface area contributed by atoms with Gasteiger partial charge in [-0.25, -0.2) is 8.42 Å². The van der Waals surface area contributed by atoms with E-state index in [0.717, 1.165) is 24.0 Å². The Morgan fingerprint density at radius 1 is 1.30 bits per heavy atom. The van der Waals surface area contributed by atoms with E-state index in [4.69, 9.17) is 5.73 Å². The number of hydrogen-bond donors (Lipinski definition) is 1. The van der Waals surface area contributed by atoms with Crippen molar-refractivity contribution in [3.8, 4) is 0 Å². The van der Waals surface area contributed by atoms with Gasteiger partial charge in [0.25, 0.3) is 0 Å². The molecule has 1 aromatic carbocycles. The molecule has 112 valence electrons. The highest BCUT2D eigenvalue weighted by molar-refractivity contribution is 7.89. The predicted molar refractivity (Wildman–Crippen MR) is 80.9 cm³/mol. The van der Waals surface area contributed by atoms with Crippen molar-refractivity contribution in [3.63, 3.8) is 0 Å². The summed E-state index contributed by atoms with van der Waals surface area (Å²) in [6, 6.07) is 5.33. The van der Waals surface area contributed by atoms with Crippen molar-refractivity contribution < 1.29 is 8.42 Å². The van der Waals surface area contributed by atoms with E-state index in [1.165, 1.54) is 0 Å². The summed E-state index contributed by atoms with van der Waals surface area (Å²) in [5, 5.41) is 0. The van der Waals surface area contributed by atoms with Crippen LogP contribution in [0.3, 0.4) is 0 Å². The maximum atomic E-state index is 12.7. The summed E-state index contributed by atoms with van der Waals surface area (Å²) < 4.78 is 26.9. The molecule has 5 heteroatoms. The number of nitrogens with two attached hydrogens (primary N) is 1. The van der Waals surface area contributed by atoms with Gasteiger partial charge in [-0.3, -0.25) is 0 Å². The zero-order valence-corrected chi connectivity index (χ0v) is 13.3. The average Bonchev–Trinajstić information content (AvgIpc) is 2.78. The molecule has 1 saturated heterocycles. The molecule has 0 radical (unpaired) electrons. The molecule has 4 nitrogen and oxygen atoms in total. The van der Waals surface area contributed by atoms with Gasteiger partial charge in [0.15, 0.2) is 0 Å². The monoisotopic (exact) mass is 296 g/mol. The van der Waals surface area contributed by atoms with E-state index >= 15 is 0 Å². The van der Waals surface area contributed by atoms with Crippen LogP contribution in [0.25, 0.3) is 0 Å². The molecule has 0 aromatic heterocycles.